The van der Waals surface area contributed by atoms with Crippen LogP contribution in [0.25, 0.3) is 5.76 Å². The van der Waals surface area contributed by atoms with Crippen LogP contribution in [0.15, 0.2) is 54.4 Å². The first kappa shape index (κ1) is 19.6. The Hall–Kier alpha value is -2.71. The SMILES string of the molecule is O=C1C(=O)N([C@@H]2CCS(=O)(=O)C2)[C@H](c2ccncc2)/C1=C(\O)c1ccc(Cl)cc1. The monoisotopic (exact) mass is 432 g/mol. The van der Waals surface area contributed by atoms with Crippen molar-refractivity contribution < 1.29 is 23.1 Å². The Morgan fingerprint density at radius 3 is 2.34 bits per heavy atom. The molecule has 1 N–H and O–H groups in total. The van der Waals surface area contributed by atoms with Gasteiger partial charge < -0.3 is 10.0 Å². The van der Waals surface area contributed by atoms with Gasteiger partial charge in [0.15, 0.2) is 9.84 Å². The fourth-order valence-corrected chi connectivity index (χ4v) is 5.70. The van der Waals surface area contributed by atoms with Gasteiger partial charge in [-0.15, -0.1) is 0 Å². The highest BCUT2D eigenvalue weighted by Crippen LogP contribution is 2.42. The highest BCUT2D eigenvalue weighted by molar-refractivity contribution is 7.91. The molecule has 150 valence electrons. The summed E-state index contributed by atoms with van der Waals surface area (Å²) in [6.07, 6.45) is 3.28. The fraction of sp³-hybridized carbons (Fsp3) is 0.250. The highest BCUT2D eigenvalue weighted by Gasteiger charge is 2.50. The Bertz CT molecular complexity index is 1110. The Morgan fingerprint density at radius 1 is 1.10 bits per heavy atom. The molecular formula is C20H17ClN2O5S. The van der Waals surface area contributed by atoms with Crippen molar-refractivity contribution >= 4 is 38.9 Å². The van der Waals surface area contributed by atoms with Crippen molar-refractivity contribution in [3.05, 3.63) is 70.5 Å². The zero-order valence-corrected chi connectivity index (χ0v) is 16.7. The number of benzene rings is 1. The van der Waals surface area contributed by atoms with Crippen molar-refractivity contribution in [1.82, 2.24) is 9.88 Å². The van der Waals surface area contributed by atoms with Gasteiger partial charge in [0.1, 0.15) is 5.76 Å². The maximum Gasteiger partial charge on any atom is 0.295 e. The summed E-state index contributed by atoms with van der Waals surface area (Å²) in [4.78, 5) is 31.0. The molecule has 1 aromatic carbocycles. The zero-order chi connectivity index (χ0) is 20.8. The number of hydrogen-bond acceptors (Lipinski definition) is 6. The molecule has 9 heteroatoms. The molecule has 1 aromatic heterocycles. The molecule has 29 heavy (non-hydrogen) atoms. The third kappa shape index (κ3) is 3.54. The van der Waals surface area contributed by atoms with Gasteiger partial charge in [0.25, 0.3) is 11.7 Å². The van der Waals surface area contributed by atoms with E-state index in [0.29, 0.717) is 16.1 Å². The summed E-state index contributed by atoms with van der Waals surface area (Å²) in [6.45, 7) is 0. The van der Waals surface area contributed by atoms with E-state index >= 15 is 0 Å². The topological polar surface area (TPSA) is 105 Å². The Morgan fingerprint density at radius 2 is 1.76 bits per heavy atom. The van der Waals surface area contributed by atoms with Crippen LogP contribution >= 0.6 is 11.6 Å². The van der Waals surface area contributed by atoms with Gasteiger partial charge in [-0.25, -0.2) is 8.42 Å². The molecule has 2 saturated heterocycles. The number of likely N-dealkylation sites (tertiary alicyclic amines) is 1. The van der Waals surface area contributed by atoms with Gasteiger partial charge in [-0.1, -0.05) is 11.6 Å². The van der Waals surface area contributed by atoms with Gasteiger partial charge in [0, 0.05) is 29.0 Å². The number of pyridine rings is 1. The molecule has 2 aliphatic rings. The van der Waals surface area contributed by atoms with Crippen LogP contribution in [0, 0.1) is 0 Å². The minimum atomic E-state index is -3.28. The van der Waals surface area contributed by atoms with Gasteiger partial charge in [0.05, 0.1) is 23.1 Å². The van der Waals surface area contributed by atoms with Crippen molar-refractivity contribution in [3.63, 3.8) is 0 Å². The largest absolute Gasteiger partial charge is 0.507 e. The maximum absolute atomic E-state index is 12.9. The number of ketones is 1. The van der Waals surface area contributed by atoms with Gasteiger partial charge in [-0.2, -0.15) is 0 Å². The van der Waals surface area contributed by atoms with E-state index in [0.717, 1.165) is 0 Å². The van der Waals surface area contributed by atoms with Crippen molar-refractivity contribution in [3.8, 4) is 0 Å². The van der Waals surface area contributed by atoms with E-state index in [-0.39, 0.29) is 29.3 Å². The lowest BCUT2D eigenvalue weighted by Gasteiger charge is -2.30. The van der Waals surface area contributed by atoms with Crippen LogP contribution < -0.4 is 0 Å². The van der Waals surface area contributed by atoms with E-state index in [4.69, 9.17) is 11.6 Å². The molecule has 0 saturated carbocycles. The number of sulfone groups is 1. The van der Waals surface area contributed by atoms with E-state index in [1.165, 1.54) is 17.3 Å². The van der Waals surface area contributed by atoms with E-state index in [9.17, 15) is 23.1 Å². The second-order valence-corrected chi connectivity index (χ2v) is 9.72. The Labute approximate surface area is 172 Å². The number of aliphatic hydroxyl groups is 1. The fourth-order valence-electron chi connectivity index (χ4n) is 3.86. The summed E-state index contributed by atoms with van der Waals surface area (Å²) in [5.74, 6) is -2.23. The van der Waals surface area contributed by atoms with Crippen LogP contribution in [0.1, 0.15) is 23.6 Å². The summed E-state index contributed by atoms with van der Waals surface area (Å²) in [7, 11) is -3.28. The van der Waals surface area contributed by atoms with E-state index < -0.39 is 33.6 Å². The molecule has 2 atom stereocenters. The molecule has 0 radical (unpaired) electrons. The number of nitrogens with zero attached hydrogens (tertiary/aromatic N) is 2. The number of aromatic nitrogens is 1. The summed E-state index contributed by atoms with van der Waals surface area (Å²) in [6, 6.07) is 7.99. The third-order valence-electron chi connectivity index (χ3n) is 5.22. The van der Waals surface area contributed by atoms with Crippen LogP contribution in [0.2, 0.25) is 5.02 Å². The molecule has 0 aliphatic carbocycles. The number of carbonyl (C=O) groups is 2. The minimum Gasteiger partial charge on any atom is -0.507 e. The van der Waals surface area contributed by atoms with Crippen molar-refractivity contribution in [1.29, 1.82) is 0 Å². The lowest BCUT2D eigenvalue weighted by Crippen LogP contribution is -2.40. The molecule has 4 rings (SSSR count). The predicted molar refractivity (Wildman–Crippen MR) is 107 cm³/mol. The molecule has 2 fully saturated rings. The summed E-state index contributed by atoms with van der Waals surface area (Å²) >= 11 is 5.90. The quantitative estimate of drug-likeness (QED) is 0.453. The number of Topliss-reactive ketones (excluding diaryl/α,β-unsaturated/α-hetero) is 1. The predicted octanol–water partition coefficient (Wildman–Crippen LogP) is 2.34. The average molecular weight is 433 g/mol. The number of amides is 1. The smallest absolute Gasteiger partial charge is 0.295 e. The molecular weight excluding hydrogens is 416 g/mol. The van der Waals surface area contributed by atoms with Gasteiger partial charge in [-0.3, -0.25) is 14.6 Å². The van der Waals surface area contributed by atoms with Crippen molar-refractivity contribution in [2.75, 3.05) is 11.5 Å². The van der Waals surface area contributed by atoms with E-state index in [1.54, 1.807) is 36.4 Å². The standard InChI is InChI=1S/C20H17ClN2O5S/c21-14-3-1-13(2-4-14)18(24)16-17(12-5-8-22-9-6-12)23(20(26)19(16)25)15-7-10-29(27,28)11-15/h1-6,8-9,15,17,24H,7,10-11H2/b18-16+/t15-,17-/m1/s1. The second-order valence-electron chi connectivity index (χ2n) is 7.05. The summed E-state index contributed by atoms with van der Waals surface area (Å²) < 4.78 is 24.0. The first-order valence-corrected chi connectivity index (χ1v) is 11.1. The molecule has 0 unspecified atom stereocenters. The number of hydrogen-bond donors (Lipinski definition) is 1. The molecule has 1 amide bonds. The Kier molecular flexibility index (Phi) is 4.92. The molecule has 0 bridgehead atoms. The number of aliphatic hydroxyl groups excluding tert-OH is 1. The van der Waals surface area contributed by atoms with E-state index in [2.05, 4.69) is 4.98 Å². The van der Waals surface area contributed by atoms with Crippen LogP contribution in [-0.4, -0.2) is 52.6 Å². The van der Waals surface area contributed by atoms with Crippen LogP contribution in [0.5, 0.6) is 0 Å². The van der Waals surface area contributed by atoms with Gasteiger partial charge in [-0.05, 0) is 48.4 Å². The van der Waals surface area contributed by atoms with Crippen molar-refractivity contribution in [2.45, 2.75) is 18.5 Å². The van der Waals surface area contributed by atoms with Gasteiger partial charge in [0.2, 0.25) is 0 Å². The molecule has 2 aromatic rings. The Balaban J connectivity index is 1.88. The first-order chi connectivity index (χ1) is 13.8. The second kappa shape index (κ2) is 7.27. The number of carbonyl (C=O) groups excluding carboxylic acids is 2. The van der Waals surface area contributed by atoms with Gasteiger partial charge >= 0.3 is 0 Å². The zero-order valence-electron chi connectivity index (χ0n) is 15.2. The van der Waals surface area contributed by atoms with E-state index in [1.807, 2.05) is 0 Å². The summed E-state index contributed by atoms with van der Waals surface area (Å²) in [5, 5.41) is 11.4. The van der Waals surface area contributed by atoms with Crippen molar-refractivity contribution in [2.24, 2.45) is 0 Å². The summed E-state index contributed by atoms with van der Waals surface area (Å²) in [5.41, 5.74) is 0.831. The molecule has 0 spiro atoms. The molecule has 3 heterocycles. The van der Waals surface area contributed by atoms with Crippen LogP contribution in [0.3, 0.4) is 0 Å². The number of rotatable bonds is 3. The minimum absolute atomic E-state index is 0.0408. The lowest BCUT2D eigenvalue weighted by molar-refractivity contribution is -0.141. The average Bonchev–Trinajstić information content (AvgIpc) is 3.19. The highest BCUT2D eigenvalue weighted by atomic mass is 35.5. The lowest BCUT2D eigenvalue weighted by atomic mass is 9.95. The first-order valence-electron chi connectivity index (χ1n) is 8.95. The van der Waals surface area contributed by atoms with Crippen LogP contribution in [-0.2, 0) is 19.4 Å². The van der Waals surface area contributed by atoms with Crippen LogP contribution in [0.4, 0.5) is 0 Å². The molecule has 7 nitrogen and oxygen atoms in total. The normalized spacial score (nSPS) is 25.5. The number of halogens is 1. The maximum atomic E-state index is 12.9. The molecule has 2 aliphatic heterocycles. The third-order valence-corrected chi connectivity index (χ3v) is 7.22.